The topological polar surface area (TPSA) is 192 Å². The Balaban J connectivity index is 2.38. The number of unbranched alkanes of at least 4 members (excludes halogenated alkanes) is 23. The summed E-state index contributed by atoms with van der Waals surface area (Å²) in [5.74, 6) is -0.479. The lowest BCUT2D eigenvalue weighted by Crippen LogP contribution is -2.64. The number of aliphatic hydroxyl groups excluding tert-OH is 5. The molecule has 55 heavy (non-hydrogen) atoms. The molecule has 0 aromatic carbocycles. The van der Waals surface area contributed by atoms with Gasteiger partial charge in [0.05, 0.1) is 13.2 Å². The fourth-order valence-electron chi connectivity index (χ4n) is 6.82. The van der Waals surface area contributed by atoms with Gasteiger partial charge in [-0.25, -0.2) is 4.57 Å². The molecule has 6 unspecified atom stereocenters. The molecular formula is C42H81O12P. The minimum Gasteiger partial charge on any atom is -0.457 e. The van der Waals surface area contributed by atoms with Crippen LogP contribution in [0.25, 0.3) is 0 Å². The first-order valence-corrected chi connectivity index (χ1v) is 23.5. The Morgan fingerprint density at radius 3 is 1.44 bits per heavy atom. The Morgan fingerprint density at radius 1 is 0.564 bits per heavy atom. The number of esters is 1. The summed E-state index contributed by atoms with van der Waals surface area (Å²) in [6, 6.07) is 0. The van der Waals surface area contributed by atoms with E-state index in [1.807, 2.05) is 0 Å². The van der Waals surface area contributed by atoms with Crippen molar-refractivity contribution in [1.82, 2.24) is 0 Å². The Bertz CT molecular complexity index is 968. The zero-order valence-electron chi connectivity index (χ0n) is 34.5. The molecule has 0 radical (unpaired) electrons. The van der Waals surface area contributed by atoms with E-state index in [4.69, 9.17) is 18.5 Å². The van der Waals surface area contributed by atoms with Crippen molar-refractivity contribution in [3.05, 3.63) is 12.2 Å². The van der Waals surface area contributed by atoms with Gasteiger partial charge in [-0.05, 0) is 38.5 Å². The highest BCUT2D eigenvalue weighted by Crippen LogP contribution is 2.47. The molecule has 13 heteroatoms. The number of phosphoric ester groups is 1. The molecule has 1 fully saturated rings. The third kappa shape index (κ3) is 26.7. The normalized spacial score (nSPS) is 23.3. The summed E-state index contributed by atoms with van der Waals surface area (Å²) >= 11 is 0. The van der Waals surface area contributed by atoms with Crippen LogP contribution in [0.1, 0.15) is 187 Å². The molecule has 0 saturated heterocycles. The van der Waals surface area contributed by atoms with E-state index in [0.29, 0.717) is 13.0 Å². The quantitative estimate of drug-likeness (QED) is 0.0152. The molecule has 0 heterocycles. The van der Waals surface area contributed by atoms with Crippen LogP contribution in [0.3, 0.4) is 0 Å². The van der Waals surface area contributed by atoms with Gasteiger partial charge in [0.15, 0.2) is 0 Å². The first-order chi connectivity index (χ1) is 26.5. The summed E-state index contributed by atoms with van der Waals surface area (Å²) in [7, 11) is -5.01. The number of hydrogen-bond donors (Lipinski definition) is 6. The molecule has 0 spiro atoms. The zero-order valence-corrected chi connectivity index (χ0v) is 35.4. The molecule has 1 aliphatic carbocycles. The largest absolute Gasteiger partial charge is 0.472 e. The van der Waals surface area contributed by atoms with Crippen LogP contribution in [0, 0.1) is 0 Å². The number of phosphoric acid groups is 1. The molecule has 0 bridgehead atoms. The van der Waals surface area contributed by atoms with Gasteiger partial charge in [0.1, 0.15) is 42.7 Å². The van der Waals surface area contributed by atoms with Crippen LogP contribution in [-0.2, 0) is 27.9 Å². The highest BCUT2D eigenvalue weighted by molar-refractivity contribution is 7.47. The number of allylic oxidation sites excluding steroid dienone is 2. The number of aliphatic hydroxyl groups is 5. The summed E-state index contributed by atoms with van der Waals surface area (Å²) in [5, 5.41) is 50.0. The van der Waals surface area contributed by atoms with Crippen LogP contribution in [0.15, 0.2) is 12.2 Å². The molecule has 326 valence electrons. The van der Waals surface area contributed by atoms with Crippen molar-refractivity contribution in [2.24, 2.45) is 0 Å². The third-order valence-corrected chi connectivity index (χ3v) is 11.4. The van der Waals surface area contributed by atoms with E-state index >= 15 is 0 Å². The summed E-state index contributed by atoms with van der Waals surface area (Å²) < 4.78 is 34.1. The number of hydrogen-bond acceptors (Lipinski definition) is 11. The first-order valence-electron chi connectivity index (χ1n) is 22.0. The molecule has 1 saturated carbocycles. The number of rotatable bonds is 37. The lowest BCUT2D eigenvalue weighted by Gasteiger charge is -2.41. The average molecular weight is 809 g/mol. The average Bonchev–Trinajstić information content (AvgIpc) is 3.17. The smallest absolute Gasteiger partial charge is 0.457 e. The van der Waals surface area contributed by atoms with Crippen LogP contribution in [0.5, 0.6) is 0 Å². The number of ether oxygens (including phenoxy) is 2. The van der Waals surface area contributed by atoms with Gasteiger partial charge in [-0.1, -0.05) is 154 Å². The van der Waals surface area contributed by atoms with Crippen molar-refractivity contribution in [1.29, 1.82) is 0 Å². The zero-order chi connectivity index (χ0) is 40.6. The van der Waals surface area contributed by atoms with Crippen molar-refractivity contribution < 1.29 is 58.3 Å². The second kappa shape index (κ2) is 34.0. The SMILES string of the molecule is CCCCCCCC/C=C\CCCCCCCCCCOCC(COP(=O)(O)OC1C(O)C(O)C(O)C(O)C1O)OC(=O)CCCCCCCCCCCC. The standard InChI is InChI=1S/C42H81O12P/c1-3-5-7-9-11-13-15-16-17-18-19-20-21-22-24-26-28-30-32-51-33-35(53-36(43)31-29-27-25-23-14-12-10-8-6-4-2)34-52-55(49,50)54-42-40(47)38(45)37(44)39(46)41(42)48/h16-17,35,37-42,44-48H,3-15,18-34H2,1-2H3,(H,49,50)/b17-16-. The Kier molecular flexibility index (Phi) is 32.2. The van der Waals surface area contributed by atoms with Gasteiger partial charge in [0, 0.05) is 13.0 Å². The minimum atomic E-state index is -5.01. The van der Waals surface area contributed by atoms with Gasteiger partial charge >= 0.3 is 13.8 Å². The van der Waals surface area contributed by atoms with Crippen molar-refractivity contribution in [2.75, 3.05) is 19.8 Å². The second-order valence-electron chi connectivity index (χ2n) is 15.6. The lowest BCUT2D eigenvalue weighted by atomic mass is 9.85. The minimum absolute atomic E-state index is 0.0739. The van der Waals surface area contributed by atoms with Gasteiger partial charge in [-0.2, -0.15) is 0 Å². The summed E-state index contributed by atoms with van der Waals surface area (Å²) in [5.41, 5.74) is 0. The van der Waals surface area contributed by atoms with Gasteiger partial charge in [-0.15, -0.1) is 0 Å². The maximum Gasteiger partial charge on any atom is 0.472 e. The molecule has 1 rings (SSSR count). The van der Waals surface area contributed by atoms with E-state index in [9.17, 15) is 39.8 Å². The third-order valence-electron chi connectivity index (χ3n) is 10.4. The summed E-state index contributed by atoms with van der Waals surface area (Å²) in [6.07, 6.45) is 22.9. The van der Waals surface area contributed by atoms with Gasteiger partial charge < -0.3 is 39.9 Å². The van der Waals surface area contributed by atoms with Crippen molar-refractivity contribution in [3.63, 3.8) is 0 Å². The molecule has 0 amide bonds. The molecule has 1 aliphatic rings. The molecule has 6 N–H and O–H groups in total. The first kappa shape index (κ1) is 52.1. The Morgan fingerprint density at radius 2 is 0.964 bits per heavy atom. The fraction of sp³-hybridized carbons (Fsp3) is 0.929. The van der Waals surface area contributed by atoms with Gasteiger partial charge in [-0.3, -0.25) is 13.8 Å². The van der Waals surface area contributed by atoms with E-state index in [1.54, 1.807) is 0 Å². The van der Waals surface area contributed by atoms with Gasteiger partial charge in [0.2, 0.25) is 0 Å². The molecule has 0 aliphatic heterocycles. The number of carbonyl (C=O) groups excluding carboxylic acids is 1. The molecule has 6 atom stereocenters. The monoisotopic (exact) mass is 809 g/mol. The molecular weight excluding hydrogens is 727 g/mol. The van der Waals surface area contributed by atoms with Crippen LogP contribution in [0.2, 0.25) is 0 Å². The Labute approximate surface area is 333 Å². The highest BCUT2D eigenvalue weighted by atomic mass is 31.2. The van der Waals surface area contributed by atoms with Crippen LogP contribution < -0.4 is 0 Å². The molecule has 0 aromatic rings. The van der Waals surface area contributed by atoms with E-state index in [0.717, 1.165) is 38.5 Å². The van der Waals surface area contributed by atoms with E-state index in [2.05, 4.69) is 26.0 Å². The maximum atomic E-state index is 12.8. The molecule has 12 nitrogen and oxygen atoms in total. The Hall–Kier alpha value is -0.920. The van der Waals surface area contributed by atoms with E-state index < -0.39 is 63.1 Å². The highest BCUT2D eigenvalue weighted by Gasteiger charge is 2.51. The van der Waals surface area contributed by atoms with Crippen molar-refractivity contribution >= 4 is 13.8 Å². The fourth-order valence-corrected chi connectivity index (χ4v) is 7.79. The van der Waals surface area contributed by atoms with E-state index in [1.165, 1.54) is 122 Å². The summed E-state index contributed by atoms with van der Waals surface area (Å²) in [6.45, 7) is 4.23. The van der Waals surface area contributed by atoms with Crippen molar-refractivity contribution in [3.8, 4) is 0 Å². The maximum absolute atomic E-state index is 12.8. The van der Waals surface area contributed by atoms with Crippen LogP contribution >= 0.6 is 7.82 Å². The lowest BCUT2D eigenvalue weighted by molar-refractivity contribution is -0.220. The predicted octanol–water partition coefficient (Wildman–Crippen LogP) is 8.36. The number of carbonyl (C=O) groups is 1. The van der Waals surface area contributed by atoms with Crippen molar-refractivity contribution in [2.45, 2.75) is 230 Å². The summed E-state index contributed by atoms with van der Waals surface area (Å²) in [4.78, 5) is 23.0. The van der Waals surface area contributed by atoms with Crippen LogP contribution in [-0.4, -0.2) is 98.9 Å². The van der Waals surface area contributed by atoms with E-state index in [-0.39, 0.29) is 13.0 Å². The predicted molar refractivity (Wildman–Crippen MR) is 217 cm³/mol. The van der Waals surface area contributed by atoms with Gasteiger partial charge in [0.25, 0.3) is 0 Å². The molecule has 0 aromatic heterocycles. The second-order valence-corrected chi connectivity index (χ2v) is 17.0. The van der Waals surface area contributed by atoms with Crippen LogP contribution in [0.4, 0.5) is 0 Å².